The van der Waals surface area contributed by atoms with Gasteiger partial charge in [-0.2, -0.15) is 0 Å². The normalized spacial score (nSPS) is 21.5. The molecule has 0 bridgehead atoms. The summed E-state index contributed by atoms with van der Waals surface area (Å²) >= 11 is 0. The summed E-state index contributed by atoms with van der Waals surface area (Å²) in [7, 11) is 0. The number of aryl methyl sites for hydroxylation is 1. The maximum atomic E-state index is 11.9. The first kappa shape index (κ1) is 17.2. The van der Waals surface area contributed by atoms with Crippen molar-refractivity contribution in [3.8, 4) is 0 Å². The van der Waals surface area contributed by atoms with Crippen LogP contribution in [-0.4, -0.2) is 17.3 Å². The largest absolute Gasteiger partial charge is 0.423 e. The highest BCUT2D eigenvalue weighted by Crippen LogP contribution is 2.27. The van der Waals surface area contributed by atoms with Crippen LogP contribution in [0.3, 0.4) is 0 Å². The molecule has 0 saturated heterocycles. The summed E-state index contributed by atoms with van der Waals surface area (Å²) in [4.78, 5) is 11.9. The highest BCUT2D eigenvalue weighted by atomic mass is 16.4. The molecule has 4 nitrogen and oxygen atoms in total. The number of nitrogens with one attached hydrogen (secondary N) is 1. The molecule has 2 N–H and O–H groups in total. The molecule has 1 aromatic heterocycles. The van der Waals surface area contributed by atoms with Gasteiger partial charge >= 0.3 is 5.63 Å². The van der Waals surface area contributed by atoms with Gasteiger partial charge in [0.15, 0.2) is 0 Å². The molecule has 24 heavy (non-hydrogen) atoms. The molecule has 1 aromatic carbocycles. The van der Waals surface area contributed by atoms with Gasteiger partial charge in [0.1, 0.15) is 5.58 Å². The highest BCUT2D eigenvalue weighted by Gasteiger charge is 2.19. The van der Waals surface area contributed by atoms with Gasteiger partial charge < -0.3 is 14.8 Å². The lowest BCUT2D eigenvalue weighted by molar-refractivity contribution is 0.116. The molecule has 0 aliphatic heterocycles. The first-order valence-electron chi connectivity index (χ1n) is 8.92. The van der Waals surface area contributed by atoms with Crippen LogP contribution in [0.1, 0.15) is 62.1 Å². The van der Waals surface area contributed by atoms with Crippen molar-refractivity contribution in [3.63, 3.8) is 0 Å². The third-order valence-electron chi connectivity index (χ3n) is 5.12. The zero-order chi connectivity index (χ0) is 17.3. The summed E-state index contributed by atoms with van der Waals surface area (Å²) in [5, 5.41) is 14.2. The number of fused-ring (bicyclic) bond motifs is 1. The number of rotatable bonds is 4. The molecule has 1 heterocycles. The van der Waals surface area contributed by atoms with Crippen LogP contribution in [0.15, 0.2) is 27.4 Å². The number of aliphatic hydroxyl groups is 1. The Labute approximate surface area is 142 Å². The highest BCUT2D eigenvalue weighted by molar-refractivity contribution is 5.82. The molecule has 1 aliphatic carbocycles. The third kappa shape index (κ3) is 3.70. The molecule has 2 aromatic rings. The van der Waals surface area contributed by atoms with Crippen LogP contribution >= 0.6 is 0 Å². The van der Waals surface area contributed by atoms with E-state index in [4.69, 9.17) is 4.42 Å². The Kier molecular flexibility index (Phi) is 5.07. The standard InChI is InChI=1S/C20H27NO3/c1-12(2)17-10-18-14(9-20(23)24-19(18)8-13(17)3)11-21-15-4-6-16(22)7-5-15/h8-10,12,15-16,21-22H,4-7,11H2,1-3H3. The summed E-state index contributed by atoms with van der Waals surface area (Å²) in [5.41, 5.74) is 3.81. The molecule has 0 amide bonds. The molecule has 0 unspecified atom stereocenters. The summed E-state index contributed by atoms with van der Waals surface area (Å²) < 4.78 is 5.41. The fourth-order valence-corrected chi connectivity index (χ4v) is 3.69. The van der Waals surface area contributed by atoms with Crippen molar-refractivity contribution in [3.05, 3.63) is 45.3 Å². The minimum Gasteiger partial charge on any atom is -0.423 e. The van der Waals surface area contributed by atoms with Crippen molar-refractivity contribution in [1.29, 1.82) is 0 Å². The van der Waals surface area contributed by atoms with Gasteiger partial charge in [0.2, 0.25) is 0 Å². The van der Waals surface area contributed by atoms with E-state index >= 15 is 0 Å². The molecule has 0 radical (unpaired) electrons. The number of benzene rings is 1. The summed E-state index contributed by atoms with van der Waals surface area (Å²) in [6.07, 6.45) is 3.52. The number of hydrogen-bond acceptors (Lipinski definition) is 4. The van der Waals surface area contributed by atoms with Crippen LogP contribution in [-0.2, 0) is 6.54 Å². The first-order chi connectivity index (χ1) is 11.4. The SMILES string of the molecule is Cc1cc2oc(=O)cc(CNC3CCC(O)CC3)c2cc1C(C)C. The van der Waals surface area contributed by atoms with E-state index in [-0.39, 0.29) is 11.7 Å². The van der Waals surface area contributed by atoms with Gasteiger partial charge in [-0.3, -0.25) is 0 Å². The average molecular weight is 329 g/mol. The number of hydrogen-bond donors (Lipinski definition) is 2. The van der Waals surface area contributed by atoms with E-state index in [0.29, 0.717) is 24.1 Å². The van der Waals surface area contributed by atoms with Crippen LogP contribution in [0.4, 0.5) is 0 Å². The van der Waals surface area contributed by atoms with Gasteiger partial charge in [-0.05, 0) is 67.3 Å². The molecule has 3 rings (SSSR count). The number of aliphatic hydroxyl groups excluding tert-OH is 1. The zero-order valence-electron chi connectivity index (χ0n) is 14.8. The van der Waals surface area contributed by atoms with Crippen LogP contribution in [0.25, 0.3) is 11.0 Å². The van der Waals surface area contributed by atoms with Gasteiger partial charge in [0.25, 0.3) is 0 Å². The predicted molar refractivity (Wildman–Crippen MR) is 96.4 cm³/mol. The van der Waals surface area contributed by atoms with Crippen molar-refractivity contribution in [2.75, 3.05) is 0 Å². The van der Waals surface area contributed by atoms with E-state index in [0.717, 1.165) is 42.2 Å². The summed E-state index contributed by atoms with van der Waals surface area (Å²) in [6.45, 7) is 7.08. The monoisotopic (exact) mass is 329 g/mol. The quantitative estimate of drug-likeness (QED) is 0.841. The van der Waals surface area contributed by atoms with Crippen molar-refractivity contribution in [2.45, 2.75) is 71.1 Å². The second-order valence-corrected chi connectivity index (χ2v) is 7.34. The zero-order valence-corrected chi connectivity index (χ0v) is 14.8. The third-order valence-corrected chi connectivity index (χ3v) is 5.12. The maximum absolute atomic E-state index is 11.9. The summed E-state index contributed by atoms with van der Waals surface area (Å²) in [6, 6.07) is 6.16. The van der Waals surface area contributed by atoms with Crippen molar-refractivity contribution in [1.82, 2.24) is 5.32 Å². The maximum Gasteiger partial charge on any atom is 0.336 e. The Hall–Kier alpha value is -1.65. The van der Waals surface area contributed by atoms with Crippen LogP contribution < -0.4 is 10.9 Å². The first-order valence-corrected chi connectivity index (χ1v) is 8.92. The van der Waals surface area contributed by atoms with E-state index < -0.39 is 0 Å². The molecule has 0 atom stereocenters. The van der Waals surface area contributed by atoms with E-state index in [1.165, 1.54) is 5.56 Å². The Bertz CT molecular complexity index is 770. The second kappa shape index (κ2) is 7.08. The van der Waals surface area contributed by atoms with Crippen molar-refractivity contribution < 1.29 is 9.52 Å². The molecule has 1 aliphatic rings. The molecule has 4 heteroatoms. The van der Waals surface area contributed by atoms with Gasteiger partial charge in [-0.1, -0.05) is 13.8 Å². The van der Waals surface area contributed by atoms with Crippen molar-refractivity contribution >= 4 is 11.0 Å². The minimum atomic E-state index is -0.296. The molecule has 130 valence electrons. The average Bonchev–Trinajstić information content (AvgIpc) is 2.53. The lowest BCUT2D eigenvalue weighted by atomic mass is 9.92. The fourth-order valence-electron chi connectivity index (χ4n) is 3.69. The van der Waals surface area contributed by atoms with Gasteiger partial charge in [0.05, 0.1) is 6.10 Å². The van der Waals surface area contributed by atoms with Crippen LogP contribution in [0, 0.1) is 6.92 Å². The van der Waals surface area contributed by atoms with E-state index in [9.17, 15) is 9.90 Å². The molecule has 1 fully saturated rings. The van der Waals surface area contributed by atoms with E-state index in [1.54, 1.807) is 6.07 Å². The smallest absolute Gasteiger partial charge is 0.336 e. The second-order valence-electron chi connectivity index (χ2n) is 7.34. The minimum absolute atomic E-state index is 0.149. The molecule has 1 saturated carbocycles. The topological polar surface area (TPSA) is 62.5 Å². The lowest BCUT2D eigenvalue weighted by Crippen LogP contribution is -2.34. The Morgan fingerprint density at radius 2 is 1.92 bits per heavy atom. The predicted octanol–water partition coefficient (Wildman–Crippen LogP) is 3.62. The van der Waals surface area contributed by atoms with Gasteiger partial charge in [-0.15, -0.1) is 0 Å². The Balaban J connectivity index is 1.88. The fraction of sp³-hybridized carbons (Fsp3) is 0.550. The molecular weight excluding hydrogens is 302 g/mol. The van der Waals surface area contributed by atoms with Crippen LogP contribution in [0.2, 0.25) is 0 Å². The Morgan fingerprint density at radius 3 is 2.58 bits per heavy atom. The van der Waals surface area contributed by atoms with Gasteiger partial charge in [0, 0.05) is 24.0 Å². The summed E-state index contributed by atoms with van der Waals surface area (Å²) in [5.74, 6) is 0.432. The molecule has 0 spiro atoms. The van der Waals surface area contributed by atoms with Crippen molar-refractivity contribution in [2.24, 2.45) is 0 Å². The lowest BCUT2D eigenvalue weighted by Gasteiger charge is -2.26. The van der Waals surface area contributed by atoms with E-state index in [2.05, 4.69) is 32.2 Å². The Morgan fingerprint density at radius 1 is 1.21 bits per heavy atom. The van der Waals surface area contributed by atoms with E-state index in [1.807, 2.05) is 6.07 Å². The van der Waals surface area contributed by atoms with Crippen LogP contribution in [0.5, 0.6) is 0 Å². The molecular formula is C20H27NO3. The van der Waals surface area contributed by atoms with Gasteiger partial charge in [-0.25, -0.2) is 4.79 Å².